The van der Waals surface area contributed by atoms with Crippen LogP contribution in [0.5, 0.6) is 0 Å². The highest BCUT2D eigenvalue weighted by Crippen LogP contribution is 2.22. The van der Waals surface area contributed by atoms with E-state index >= 15 is 0 Å². The van der Waals surface area contributed by atoms with Crippen molar-refractivity contribution in [3.63, 3.8) is 0 Å². The van der Waals surface area contributed by atoms with Gasteiger partial charge in [-0.3, -0.25) is 4.90 Å². The van der Waals surface area contributed by atoms with E-state index in [1.54, 1.807) is 18.2 Å². The van der Waals surface area contributed by atoms with Crippen molar-refractivity contribution >= 4 is 26.0 Å². The number of hydrogen-bond acceptors (Lipinski definition) is 5. The van der Waals surface area contributed by atoms with Crippen LogP contribution in [0.2, 0.25) is 0 Å². The van der Waals surface area contributed by atoms with Gasteiger partial charge in [-0.15, -0.1) is 0 Å². The number of rotatable bonds is 6. The maximum absolute atomic E-state index is 12.3. The second-order valence-corrected chi connectivity index (χ2v) is 7.41. The smallest absolute Gasteiger partial charge is 0.241 e. The molecular formula is C13H20BrN3O3S. The maximum atomic E-state index is 12.3. The minimum absolute atomic E-state index is 0.229. The summed E-state index contributed by atoms with van der Waals surface area (Å²) in [6, 6.07) is 5.11. The number of hydrogen-bond donors (Lipinski definition) is 2. The maximum Gasteiger partial charge on any atom is 0.241 e. The first-order valence-corrected chi connectivity index (χ1v) is 9.09. The van der Waals surface area contributed by atoms with E-state index in [0.29, 0.717) is 37.3 Å². The fraction of sp³-hybridized carbons (Fsp3) is 0.538. The van der Waals surface area contributed by atoms with Gasteiger partial charge >= 0.3 is 0 Å². The highest BCUT2D eigenvalue weighted by atomic mass is 79.9. The molecule has 1 aromatic rings. The third-order valence-corrected chi connectivity index (χ3v) is 5.80. The Bertz CT molecular complexity index is 574. The van der Waals surface area contributed by atoms with E-state index in [-0.39, 0.29) is 4.90 Å². The van der Waals surface area contributed by atoms with Crippen molar-refractivity contribution in [1.29, 1.82) is 0 Å². The molecule has 0 unspecified atom stereocenters. The van der Waals surface area contributed by atoms with Crippen LogP contribution in [0, 0.1) is 0 Å². The Hall–Kier alpha value is -0.510. The first kappa shape index (κ1) is 16.9. The predicted octanol–water partition coefficient (Wildman–Crippen LogP) is 0.518. The molecule has 3 N–H and O–H groups in total. The van der Waals surface area contributed by atoms with Gasteiger partial charge in [0.05, 0.1) is 18.1 Å². The lowest BCUT2D eigenvalue weighted by Crippen LogP contribution is -2.41. The molecule has 0 spiro atoms. The first-order chi connectivity index (χ1) is 10.0. The first-order valence-electron chi connectivity index (χ1n) is 6.81. The van der Waals surface area contributed by atoms with Crippen LogP contribution in [0.3, 0.4) is 0 Å². The monoisotopic (exact) mass is 377 g/mol. The molecule has 1 fully saturated rings. The molecule has 21 heavy (non-hydrogen) atoms. The molecule has 1 aliphatic rings. The van der Waals surface area contributed by atoms with Gasteiger partial charge in [0.1, 0.15) is 0 Å². The lowest BCUT2D eigenvalue weighted by atomic mass is 10.2. The van der Waals surface area contributed by atoms with Gasteiger partial charge in [0.15, 0.2) is 0 Å². The SMILES string of the molecule is NCc1ccc(Br)c(S(=O)(=O)NCCN2CCOCC2)c1. The molecule has 8 heteroatoms. The van der Waals surface area contributed by atoms with Crippen molar-refractivity contribution < 1.29 is 13.2 Å². The normalized spacial score (nSPS) is 17.0. The van der Waals surface area contributed by atoms with E-state index in [1.807, 2.05) is 0 Å². The van der Waals surface area contributed by atoms with Gasteiger partial charge in [-0.25, -0.2) is 13.1 Å². The van der Waals surface area contributed by atoms with Crippen LogP contribution in [-0.4, -0.2) is 52.7 Å². The van der Waals surface area contributed by atoms with Gasteiger partial charge in [-0.2, -0.15) is 0 Å². The average Bonchev–Trinajstić information content (AvgIpc) is 2.48. The minimum atomic E-state index is -3.53. The van der Waals surface area contributed by atoms with Crippen molar-refractivity contribution in [2.45, 2.75) is 11.4 Å². The largest absolute Gasteiger partial charge is 0.379 e. The Kier molecular flexibility index (Phi) is 6.15. The summed E-state index contributed by atoms with van der Waals surface area (Å²) in [6.45, 7) is 4.46. The Balaban J connectivity index is 1.97. The molecule has 0 bridgehead atoms. The summed E-state index contributed by atoms with van der Waals surface area (Å²) in [7, 11) is -3.53. The number of nitrogens with one attached hydrogen (secondary N) is 1. The van der Waals surface area contributed by atoms with E-state index in [0.717, 1.165) is 18.7 Å². The number of halogens is 1. The van der Waals surface area contributed by atoms with Gasteiger partial charge in [0.25, 0.3) is 0 Å². The quantitative estimate of drug-likeness (QED) is 0.754. The molecule has 0 radical (unpaired) electrons. The molecule has 0 aromatic heterocycles. The zero-order valence-corrected chi connectivity index (χ0v) is 14.1. The predicted molar refractivity (Wildman–Crippen MR) is 84.5 cm³/mol. The van der Waals surface area contributed by atoms with Crippen LogP contribution in [0.1, 0.15) is 5.56 Å². The summed E-state index contributed by atoms with van der Waals surface area (Å²) in [5.74, 6) is 0. The zero-order chi connectivity index (χ0) is 15.3. The van der Waals surface area contributed by atoms with Crippen molar-refractivity contribution in [2.75, 3.05) is 39.4 Å². The fourth-order valence-electron chi connectivity index (χ4n) is 2.12. The van der Waals surface area contributed by atoms with Gasteiger partial charge in [0.2, 0.25) is 10.0 Å². The summed E-state index contributed by atoms with van der Waals surface area (Å²) in [4.78, 5) is 2.41. The van der Waals surface area contributed by atoms with Gasteiger partial charge in [0, 0.05) is 37.2 Å². The van der Waals surface area contributed by atoms with E-state index in [4.69, 9.17) is 10.5 Å². The van der Waals surface area contributed by atoms with E-state index < -0.39 is 10.0 Å². The number of sulfonamides is 1. The molecule has 118 valence electrons. The fourth-order valence-corrected chi connectivity index (χ4v) is 4.15. The zero-order valence-electron chi connectivity index (χ0n) is 11.7. The molecule has 0 saturated carbocycles. The van der Waals surface area contributed by atoms with Crippen LogP contribution in [-0.2, 0) is 21.3 Å². The van der Waals surface area contributed by atoms with Crippen LogP contribution in [0.15, 0.2) is 27.6 Å². The summed E-state index contributed by atoms with van der Waals surface area (Å²) < 4.78 is 33.1. The Labute approximate surface area is 133 Å². The number of nitrogens with zero attached hydrogens (tertiary/aromatic N) is 1. The summed E-state index contributed by atoms with van der Waals surface area (Å²) in [5.41, 5.74) is 6.34. The standard InChI is InChI=1S/C13H20BrN3O3S/c14-12-2-1-11(10-15)9-13(12)21(18,19)16-3-4-17-5-7-20-8-6-17/h1-2,9,16H,3-8,10,15H2. The number of benzene rings is 1. The number of morpholine rings is 1. The molecule has 1 saturated heterocycles. The third kappa shape index (κ3) is 4.73. The van der Waals surface area contributed by atoms with E-state index in [9.17, 15) is 8.42 Å². The molecule has 0 amide bonds. The highest BCUT2D eigenvalue weighted by molar-refractivity contribution is 9.10. The number of ether oxygens (including phenoxy) is 1. The van der Waals surface area contributed by atoms with Crippen LogP contribution < -0.4 is 10.5 Å². The molecule has 6 nitrogen and oxygen atoms in total. The summed E-state index contributed by atoms with van der Waals surface area (Å²) in [5, 5.41) is 0. The number of nitrogens with two attached hydrogens (primary N) is 1. The molecule has 2 rings (SSSR count). The van der Waals surface area contributed by atoms with Crippen molar-refractivity contribution in [2.24, 2.45) is 5.73 Å². The Morgan fingerprint density at radius 1 is 1.33 bits per heavy atom. The molecule has 1 aromatic carbocycles. The van der Waals surface area contributed by atoms with Crippen LogP contribution >= 0.6 is 15.9 Å². The third-order valence-electron chi connectivity index (χ3n) is 3.34. The van der Waals surface area contributed by atoms with Crippen molar-refractivity contribution in [1.82, 2.24) is 9.62 Å². The summed E-state index contributed by atoms with van der Waals surface area (Å²) >= 11 is 3.28. The van der Waals surface area contributed by atoms with E-state index in [2.05, 4.69) is 25.6 Å². The molecule has 1 heterocycles. The van der Waals surface area contributed by atoms with Crippen molar-refractivity contribution in [3.05, 3.63) is 28.2 Å². The van der Waals surface area contributed by atoms with E-state index in [1.165, 1.54) is 0 Å². The molecule has 0 atom stereocenters. The van der Waals surface area contributed by atoms with Gasteiger partial charge < -0.3 is 10.5 Å². The highest BCUT2D eigenvalue weighted by Gasteiger charge is 2.18. The molecular weight excluding hydrogens is 358 g/mol. The second kappa shape index (κ2) is 7.66. The topological polar surface area (TPSA) is 84.7 Å². The second-order valence-electron chi connectivity index (χ2n) is 4.82. The van der Waals surface area contributed by atoms with Gasteiger partial charge in [-0.05, 0) is 33.6 Å². The molecule has 0 aliphatic carbocycles. The van der Waals surface area contributed by atoms with Gasteiger partial charge in [-0.1, -0.05) is 6.07 Å². The lowest BCUT2D eigenvalue weighted by Gasteiger charge is -2.26. The minimum Gasteiger partial charge on any atom is -0.379 e. The molecule has 1 aliphatic heterocycles. The average molecular weight is 378 g/mol. The summed E-state index contributed by atoms with van der Waals surface area (Å²) in [6.07, 6.45) is 0. The lowest BCUT2D eigenvalue weighted by molar-refractivity contribution is 0.0390. The van der Waals surface area contributed by atoms with Crippen LogP contribution in [0.25, 0.3) is 0 Å². The van der Waals surface area contributed by atoms with Crippen molar-refractivity contribution in [3.8, 4) is 0 Å². The Morgan fingerprint density at radius 3 is 2.71 bits per heavy atom. The Morgan fingerprint density at radius 2 is 2.05 bits per heavy atom. The van der Waals surface area contributed by atoms with Crippen LogP contribution in [0.4, 0.5) is 0 Å².